The van der Waals surface area contributed by atoms with Crippen LogP contribution in [0.2, 0.25) is 0 Å². The van der Waals surface area contributed by atoms with Crippen LogP contribution in [0.3, 0.4) is 0 Å². The minimum Gasteiger partial charge on any atom is -0.306 e. The number of nitrogens with zero attached hydrogens (tertiary/aromatic N) is 3. The summed E-state index contributed by atoms with van der Waals surface area (Å²) in [6.45, 7) is 1.80. The molecule has 0 saturated carbocycles. The Bertz CT molecular complexity index is 1370. The van der Waals surface area contributed by atoms with Crippen molar-refractivity contribution in [1.29, 1.82) is 0 Å². The van der Waals surface area contributed by atoms with Gasteiger partial charge >= 0.3 is 6.18 Å². The van der Waals surface area contributed by atoms with Crippen molar-refractivity contribution in [2.24, 2.45) is 0 Å². The van der Waals surface area contributed by atoms with Gasteiger partial charge in [-0.15, -0.1) is 0 Å². The lowest BCUT2D eigenvalue weighted by atomic mass is 10.0. The number of hydrogen-bond donors (Lipinski definition) is 1. The minimum absolute atomic E-state index is 0.133. The summed E-state index contributed by atoms with van der Waals surface area (Å²) < 4.78 is 39.0. The number of rotatable bonds is 4. The molecule has 5 nitrogen and oxygen atoms in total. The highest BCUT2D eigenvalue weighted by molar-refractivity contribution is 5.60. The van der Waals surface area contributed by atoms with Crippen molar-refractivity contribution in [3.8, 4) is 22.6 Å². The molecule has 2 aromatic carbocycles. The molecule has 0 radical (unpaired) electrons. The lowest BCUT2D eigenvalue weighted by Gasteiger charge is -2.27. The molecular formula is C26H21F3N4O. The van der Waals surface area contributed by atoms with Crippen LogP contribution in [-0.2, 0) is 25.7 Å². The van der Waals surface area contributed by atoms with E-state index in [1.54, 1.807) is 18.3 Å². The molecule has 4 aromatic rings. The van der Waals surface area contributed by atoms with Gasteiger partial charge in [-0.25, -0.2) is 4.98 Å². The van der Waals surface area contributed by atoms with Crippen molar-refractivity contribution in [3.05, 3.63) is 106 Å². The van der Waals surface area contributed by atoms with Crippen molar-refractivity contribution in [2.75, 3.05) is 6.54 Å². The largest absolute Gasteiger partial charge is 0.416 e. The summed E-state index contributed by atoms with van der Waals surface area (Å²) >= 11 is 0. The first kappa shape index (κ1) is 22.0. The lowest BCUT2D eigenvalue weighted by Crippen LogP contribution is -2.35. The standard InChI is InChI=1S/C26H21F3N4O/c27-26(28,29)20-8-4-7-19(13-20)22-10-9-17(14-30-22)15-33-12-11-23-21(16-33)25(34)32-24(31-23)18-5-2-1-3-6-18/h1-10,13-14H,11-12,15-16H2,(H,31,32,34). The van der Waals surface area contributed by atoms with E-state index in [0.717, 1.165) is 35.5 Å². The Balaban J connectivity index is 1.30. The third-order valence-corrected chi connectivity index (χ3v) is 5.91. The van der Waals surface area contributed by atoms with Gasteiger partial charge in [-0.2, -0.15) is 13.2 Å². The average Bonchev–Trinajstić information content (AvgIpc) is 2.85. The van der Waals surface area contributed by atoms with Crippen molar-refractivity contribution in [3.63, 3.8) is 0 Å². The van der Waals surface area contributed by atoms with Crippen molar-refractivity contribution in [2.45, 2.75) is 25.7 Å². The topological polar surface area (TPSA) is 61.9 Å². The molecule has 0 spiro atoms. The highest BCUT2D eigenvalue weighted by Crippen LogP contribution is 2.31. The van der Waals surface area contributed by atoms with Gasteiger partial charge in [-0.05, 0) is 23.8 Å². The van der Waals surface area contributed by atoms with Crippen molar-refractivity contribution >= 4 is 0 Å². The predicted octanol–water partition coefficient (Wildman–Crippen LogP) is 5.08. The van der Waals surface area contributed by atoms with Crippen molar-refractivity contribution in [1.82, 2.24) is 19.9 Å². The second-order valence-corrected chi connectivity index (χ2v) is 8.30. The zero-order valence-corrected chi connectivity index (χ0v) is 18.1. The summed E-state index contributed by atoms with van der Waals surface area (Å²) in [6.07, 6.45) is -2.06. The molecule has 0 unspecified atom stereocenters. The summed E-state index contributed by atoms with van der Waals surface area (Å²) in [5, 5.41) is 0. The smallest absolute Gasteiger partial charge is 0.306 e. The van der Waals surface area contributed by atoms with E-state index in [2.05, 4.69) is 19.9 Å². The number of hydrogen-bond acceptors (Lipinski definition) is 4. The number of pyridine rings is 1. The maximum absolute atomic E-state index is 13.0. The number of aromatic nitrogens is 3. The Labute approximate surface area is 193 Å². The number of nitrogens with one attached hydrogen (secondary N) is 1. The molecule has 1 aliphatic rings. The van der Waals surface area contributed by atoms with Gasteiger partial charge in [-0.3, -0.25) is 14.7 Å². The summed E-state index contributed by atoms with van der Waals surface area (Å²) in [7, 11) is 0. The Kier molecular flexibility index (Phi) is 5.75. The first-order valence-corrected chi connectivity index (χ1v) is 10.9. The van der Waals surface area contributed by atoms with Crippen LogP contribution in [-0.4, -0.2) is 26.4 Å². The maximum atomic E-state index is 13.0. The minimum atomic E-state index is -4.39. The molecule has 0 bridgehead atoms. The molecule has 0 amide bonds. The van der Waals surface area contributed by atoms with Crippen LogP contribution in [0.1, 0.15) is 22.4 Å². The van der Waals surface area contributed by atoms with Crippen LogP contribution in [0.15, 0.2) is 77.7 Å². The molecule has 34 heavy (non-hydrogen) atoms. The number of alkyl halides is 3. The summed E-state index contributed by atoms with van der Waals surface area (Å²) in [6, 6.07) is 18.3. The quantitative estimate of drug-likeness (QED) is 0.460. The molecule has 0 atom stereocenters. The van der Waals surface area contributed by atoms with Gasteiger partial charge < -0.3 is 4.98 Å². The molecule has 0 fully saturated rings. The highest BCUT2D eigenvalue weighted by Gasteiger charge is 2.30. The Morgan fingerprint density at radius 2 is 1.76 bits per heavy atom. The Hall–Kier alpha value is -3.78. The third-order valence-electron chi connectivity index (χ3n) is 5.91. The molecule has 172 valence electrons. The van der Waals surface area contributed by atoms with E-state index in [1.807, 2.05) is 36.4 Å². The van der Waals surface area contributed by atoms with Gasteiger partial charge in [0.25, 0.3) is 5.56 Å². The van der Waals surface area contributed by atoms with E-state index in [4.69, 9.17) is 0 Å². The first-order valence-electron chi connectivity index (χ1n) is 10.9. The third kappa shape index (κ3) is 4.63. The fourth-order valence-corrected chi connectivity index (χ4v) is 4.15. The number of fused-ring (bicyclic) bond motifs is 1. The number of H-pyrrole nitrogens is 1. The van der Waals surface area contributed by atoms with E-state index < -0.39 is 11.7 Å². The van der Waals surface area contributed by atoms with Gasteiger partial charge in [-0.1, -0.05) is 48.5 Å². The second-order valence-electron chi connectivity index (χ2n) is 8.30. The van der Waals surface area contributed by atoms with Crippen molar-refractivity contribution < 1.29 is 13.2 Å². The molecule has 2 aromatic heterocycles. The summed E-state index contributed by atoms with van der Waals surface area (Å²) in [4.78, 5) is 26.8. The lowest BCUT2D eigenvalue weighted by molar-refractivity contribution is -0.137. The maximum Gasteiger partial charge on any atom is 0.416 e. The van der Waals surface area contributed by atoms with E-state index >= 15 is 0 Å². The molecule has 0 saturated heterocycles. The van der Waals surface area contributed by atoms with E-state index in [-0.39, 0.29) is 5.56 Å². The number of benzene rings is 2. The van der Waals surface area contributed by atoms with E-state index in [9.17, 15) is 18.0 Å². The predicted molar refractivity (Wildman–Crippen MR) is 123 cm³/mol. The fraction of sp³-hybridized carbons (Fsp3) is 0.192. The normalized spacial score (nSPS) is 14.1. The highest BCUT2D eigenvalue weighted by atomic mass is 19.4. The first-order chi connectivity index (χ1) is 16.4. The van der Waals surface area contributed by atoms with Crippen LogP contribution < -0.4 is 5.56 Å². The number of aromatic amines is 1. The van der Waals surface area contributed by atoms with Crippen LogP contribution in [0, 0.1) is 0 Å². The fourth-order valence-electron chi connectivity index (χ4n) is 4.15. The molecule has 1 aliphatic heterocycles. The van der Waals surface area contributed by atoms with Gasteiger partial charge in [0.15, 0.2) is 0 Å². The molecular weight excluding hydrogens is 441 g/mol. The van der Waals surface area contributed by atoms with Gasteiger partial charge in [0.1, 0.15) is 5.82 Å². The molecule has 5 rings (SSSR count). The molecule has 3 heterocycles. The Morgan fingerprint density at radius 3 is 2.50 bits per heavy atom. The average molecular weight is 462 g/mol. The second kappa shape index (κ2) is 8.87. The zero-order chi connectivity index (χ0) is 23.7. The van der Waals surface area contributed by atoms with Gasteiger partial charge in [0, 0.05) is 43.4 Å². The summed E-state index contributed by atoms with van der Waals surface area (Å²) in [5.41, 5.74) is 3.34. The SMILES string of the molecule is O=c1[nH]c(-c2ccccc2)nc2c1CN(Cc1ccc(-c3cccc(C(F)(F)F)c3)nc1)CC2. The van der Waals surface area contributed by atoms with Gasteiger partial charge in [0.2, 0.25) is 0 Å². The van der Waals surface area contributed by atoms with Gasteiger partial charge in [0.05, 0.1) is 22.5 Å². The Morgan fingerprint density at radius 1 is 0.971 bits per heavy atom. The molecule has 0 aliphatic carbocycles. The van der Waals surface area contributed by atoms with E-state index in [0.29, 0.717) is 42.2 Å². The van der Waals surface area contributed by atoms with Crippen LogP contribution in [0.4, 0.5) is 13.2 Å². The molecule has 1 N–H and O–H groups in total. The zero-order valence-electron chi connectivity index (χ0n) is 18.1. The van der Waals surface area contributed by atoms with Crippen LogP contribution in [0.5, 0.6) is 0 Å². The molecule has 8 heteroatoms. The van der Waals surface area contributed by atoms with Crippen LogP contribution in [0.25, 0.3) is 22.6 Å². The number of halogens is 3. The summed E-state index contributed by atoms with van der Waals surface area (Å²) in [5.74, 6) is 0.576. The van der Waals surface area contributed by atoms with Crippen LogP contribution >= 0.6 is 0 Å². The monoisotopic (exact) mass is 462 g/mol. The van der Waals surface area contributed by atoms with E-state index in [1.165, 1.54) is 6.07 Å².